The third-order valence-corrected chi connectivity index (χ3v) is 2.18. The molecule has 0 spiro atoms. The molecule has 2 heterocycles. The van der Waals surface area contributed by atoms with Crippen molar-refractivity contribution in [1.29, 1.82) is 0 Å². The Labute approximate surface area is 86.5 Å². The van der Waals surface area contributed by atoms with Crippen molar-refractivity contribution in [3.8, 4) is 0 Å². The zero-order valence-corrected chi connectivity index (χ0v) is 8.25. The monoisotopic (exact) mass is 209 g/mol. The molecule has 1 aromatic rings. The van der Waals surface area contributed by atoms with Gasteiger partial charge in [0.2, 0.25) is 5.95 Å². The third-order valence-electron chi connectivity index (χ3n) is 2.18. The number of hydrogen-bond acceptors (Lipinski definition) is 6. The molecule has 1 saturated heterocycles. The van der Waals surface area contributed by atoms with Crippen LogP contribution in [0.2, 0.25) is 0 Å². The Morgan fingerprint density at radius 2 is 2.40 bits per heavy atom. The summed E-state index contributed by atoms with van der Waals surface area (Å²) in [5.74, 6) is -0.0390. The second-order valence-electron chi connectivity index (χ2n) is 3.29. The number of hydrogen-bond donors (Lipinski definition) is 1. The highest BCUT2D eigenvalue weighted by atomic mass is 16.5. The van der Waals surface area contributed by atoms with E-state index in [1.807, 2.05) is 0 Å². The molecule has 80 valence electrons. The van der Waals surface area contributed by atoms with Crippen LogP contribution < -0.4 is 4.90 Å². The SMILES string of the molecule is COC(=O)c1ccnc(N2CC(O)C2)n1. The molecule has 1 aliphatic rings. The molecular weight excluding hydrogens is 198 g/mol. The smallest absolute Gasteiger partial charge is 0.356 e. The lowest BCUT2D eigenvalue weighted by molar-refractivity contribution is 0.0594. The number of carbonyl (C=O) groups is 1. The van der Waals surface area contributed by atoms with Gasteiger partial charge >= 0.3 is 5.97 Å². The van der Waals surface area contributed by atoms with E-state index in [-0.39, 0.29) is 11.8 Å². The number of carbonyl (C=O) groups excluding carboxylic acids is 1. The lowest BCUT2D eigenvalue weighted by Crippen LogP contribution is -2.51. The van der Waals surface area contributed by atoms with E-state index in [0.717, 1.165) is 0 Å². The molecule has 0 amide bonds. The first-order valence-corrected chi connectivity index (χ1v) is 4.55. The van der Waals surface area contributed by atoms with Crippen molar-refractivity contribution < 1.29 is 14.6 Å². The van der Waals surface area contributed by atoms with Crippen molar-refractivity contribution in [2.45, 2.75) is 6.10 Å². The molecule has 0 bridgehead atoms. The van der Waals surface area contributed by atoms with Crippen LogP contribution in [0.1, 0.15) is 10.5 Å². The fraction of sp³-hybridized carbons (Fsp3) is 0.444. The molecule has 0 unspecified atom stereocenters. The molecule has 0 aliphatic carbocycles. The Balaban J connectivity index is 2.16. The Morgan fingerprint density at radius 3 is 3.00 bits per heavy atom. The minimum absolute atomic E-state index is 0.226. The van der Waals surface area contributed by atoms with Crippen molar-refractivity contribution >= 4 is 11.9 Å². The van der Waals surface area contributed by atoms with Gasteiger partial charge in [-0.15, -0.1) is 0 Å². The lowest BCUT2D eigenvalue weighted by atomic mass is 10.2. The van der Waals surface area contributed by atoms with Gasteiger partial charge in [-0.25, -0.2) is 14.8 Å². The first-order chi connectivity index (χ1) is 7.20. The molecule has 6 nitrogen and oxygen atoms in total. The van der Waals surface area contributed by atoms with Crippen molar-refractivity contribution in [2.24, 2.45) is 0 Å². The van der Waals surface area contributed by atoms with Crippen LogP contribution in [0.15, 0.2) is 12.3 Å². The van der Waals surface area contributed by atoms with Gasteiger partial charge in [0.15, 0.2) is 5.69 Å². The predicted molar refractivity (Wildman–Crippen MR) is 51.6 cm³/mol. The van der Waals surface area contributed by atoms with Crippen LogP contribution in [0.3, 0.4) is 0 Å². The molecule has 15 heavy (non-hydrogen) atoms. The zero-order chi connectivity index (χ0) is 10.8. The minimum atomic E-state index is -0.486. The number of aromatic nitrogens is 2. The van der Waals surface area contributed by atoms with E-state index >= 15 is 0 Å². The lowest BCUT2D eigenvalue weighted by Gasteiger charge is -2.35. The summed E-state index contributed by atoms with van der Waals surface area (Å²) >= 11 is 0. The molecule has 1 fully saturated rings. The van der Waals surface area contributed by atoms with Crippen molar-refractivity contribution in [3.63, 3.8) is 0 Å². The summed E-state index contributed by atoms with van der Waals surface area (Å²) in [5, 5.41) is 9.12. The number of methoxy groups -OCH3 is 1. The number of aliphatic hydroxyl groups excluding tert-OH is 1. The van der Waals surface area contributed by atoms with Gasteiger partial charge in [-0.3, -0.25) is 0 Å². The molecule has 0 atom stereocenters. The normalized spacial score (nSPS) is 16.0. The van der Waals surface area contributed by atoms with Crippen LogP contribution in [0.5, 0.6) is 0 Å². The first kappa shape index (κ1) is 9.85. The van der Waals surface area contributed by atoms with Crippen LogP contribution in [0.4, 0.5) is 5.95 Å². The van der Waals surface area contributed by atoms with Crippen LogP contribution >= 0.6 is 0 Å². The summed E-state index contributed by atoms with van der Waals surface area (Å²) in [4.78, 5) is 21.0. The number of ether oxygens (including phenoxy) is 1. The summed E-state index contributed by atoms with van der Waals surface area (Å²) in [6.45, 7) is 1.01. The van der Waals surface area contributed by atoms with Gasteiger partial charge in [0.25, 0.3) is 0 Å². The highest BCUT2D eigenvalue weighted by Gasteiger charge is 2.27. The standard InChI is InChI=1S/C9H11N3O3/c1-15-8(14)7-2-3-10-9(11-7)12-4-6(13)5-12/h2-3,6,13H,4-5H2,1H3. The highest BCUT2D eigenvalue weighted by molar-refractivity contribution is 5.87. The van der Waals surface area contributed by atoms with Gasteiger partial charge in [-0.2, -0.15) is 0 Å². The third kappa shape index (κ3) is 1.89. The Bertz CT molecular complexity index is 377. The largest absolute Gasteiger partial charge is 0.464 e. The van der Waals surface area contributed by atoms with Gasteiger partial charge in [-0.1, -0.05) is 0 Å². The summed E-state index contributed by atoms with van der Waals surface area (Å²) in [7, 11) is 1.30. The van der Waals surface area contributed by atoms with Gasteiger partial charge < -0.3 is 14.7 Å². The second kappa shape index (κ2) is 3.82. The second-order valence-corrected chi connectivity index (χ2v) is 3.29. The van der Waals surface area contributed by atoms with Gasteiger partial charge in [0.1, 0.15) is 0 Å². The average Bonchev–Trinajstić information content (AvgIpc) is 2.24. The molecular formula is C9H11N3O3. The number of nitrogens with zero attached hydrogens (tertiary/aromatic N) is 3. The fourth-order valence-electron chi connectivity index (χ4n) is 1.34. The Hall–Kier alpha value is -1.69. The minimum Gasteiger partial charge on any atom is -0.464 e. The maximum atomic E-state index is 11.2. The molecule has 2 rings (SSSR count). The van der Waals surface area contributed by atoms with E-state index < -0.39 is 5.97 Å². The first-order valence-electron chi connectivity index (χ1n) is 4.55. The van der Waals surface area contributed by atoms with Gasteiger partial charge in [-0.05, 0) is 6.07 Å². The molecule has 1 aliphatic heterocycles. The number of aliphatic hydroxyl groups is 1. The van der Waals surface area contributed by atoms with E-state index in [1.165, 1.54) is 19.4 Å². The fourth-order valence-corrected chi connectivity index (χ4v) is 1.34. The topological polar surface area (TPSA) is 75.5 Å². The summed E-state index contributed by atoms with van der Waals surface area (Å²) < 4.78 is 4.55. The van der Waals surface area contributed by atoms with E-state index in [4.69, 9.17) is 5.11 Å². The maximum Gasteiger partial charge on any atom is 0.356 e. The van der Waals surface area contributed by atoms with Gasteiger partial charge in [0, 0.05) is 19.3 Å². The molecule has 0 aromatic carbocycles. The molecule has 6 heteroatoms. The number of anilines is 1. The van der Waals surface area contributed by atoms with Crippen LogP contribution in [0.25, 0.3) is 0 Å². The van der Waals surface area contributed by atoms with Crippen LogP contribution in [-0.2, 0) is 4.74 Å². The van der Waals surface area contributed by atoms with E-state index in [0.29, 0.717) is 19.0 Å². The van der Waals surface area contributed by atoms with E-state index in [9.17, 15) is 4.79 Å². The number of esters is 1. The van der Waals surface area contributed by atoms with E-state index in [1.54, 1.807) is 4.90 Å². The summed E-state index contributed by atoms with van der Waals surface area (Å²) in [6.07, 6.45) is 1.18. The molecule has 0 radical (unpaired) electrons. The number of β-amino-alcohol motifs (C(OH)–C–C–N with tert-alkyl or cyclic N) is 1. The average molecular weight is 209 g/mol. The quantitative estimate of drug-likeness (QED) is 0.658. The number of rotatable bonds is 2. The van der Waals surface area contributed by atoms with Crippen molar-refractivity contribution in [1.82, 2.24) is 9.97 Å². The zero-order valence-electron chi connectivity index (χ0n) is 8.25. The van der Waals surface area contributed by atoms with E-state index in [2.05, 4.69) is 14.7 Å². The molecule has 1 N–H and O–H groups in total. The molecule has 1 aromatic heterocycles. The van der Waals surface area contributed by atoms with Crippen molar-refractivity contribution in [2.75, 3.05) is 25.1 Å². The van der Waals surface area contributed by atoms with Gasteiger partial charge in [0.05, 0.1) is 13.2 Å². The van der Waals surface area contributed by atoms with Crippen molar-refractivity contribution in [3.05, 3.63) is 18.0 Å². The maximum absolute atomic E-state index is 11.2. The summed E-state index contributed by atoms with van der Waals surface area (Å²) in [6, 6.07) is 1.49. The Morgan fingerprint density at radius 1 is 1.67 bits per heavy atom. The predicted octanol–water partition coefficient (Wildman–Crippen LogP) is -0.556. The van der Waals surface area contributed by atoms with Crippen LogP contribution in [0, 0.1) is 0 Å². The Kier molecular flexibility index (Phi) is 2.51. The molecule has 0 saturated carbocycles. The highest BCUT2D eigenvalue weighted by Crippen LogP contribution is 2.15. The summed E-state index contributed by atoms with van der Waals surface area (Å²) in [5.41, 5.74) is 0.226. The van der Waals surface area contributed by atoms with Crippen LogP contribution in [-0.4, -0.2) is 47.3 Å².